The second-order valence-electron chi connectivity index (χ2n) is 8.75. The van der Waals surface area contributed by atoms with Gasteiger partial charge in [0.05, 0.1) is 5.69 Å². The molecule has 1 aromatic carbocycles. The van der Waals surface area contributed by atoms with Crippen LogP contribution in [0.1, 0.15) is 37.7 Å². The molecule has 1 saturated carbocycles. The van der Waals surface area contributed by atoms with Crippen LogP contribution in [-0.2, 0) is 0 Å². The number of hydrogen-bond donors (Lipinski definition) is 5. The lowest BCUT2D eigenvalue weighted by molar-refractivity contribution is 0.209. The van der Waals surface area contributed by atoms with Crippen LogP contribution < -0.4 is 26.4 Å². The van der Waals surface area contributed by atoms with E-state index in [2.05, 4.69) is 33.0 Å². The molecular formula is C25H31FN6O3. The first-order chi connectivity index (χ1) is 16.9. The zero-order chi connectivity index (χ0) is 24.9. The zero-order valence-electron chi connectivity index (χ0n) is 19.9. The van der Waals surface area contributed by atoms with Gasteiger partial charge in [0.2, 0.25) is 5.88 Å². The van der Waals surface area contributed by atoms with Crippen molar-refractivity contribution in [2.45, 2.75) is 45.1 Å². The number of carboxylic acid groups (broad SMARTS) is 1. The molecule has 3 aromatic rings. The van der Waals surface area contributed by atoms with Crippen LogP contribution in [0.15, 0.2) is 24.5 Å². The quantitative estimate of drug-likeness (QED) is 0.337. The molecule has 0 saturated heterocycles. The van der Waals surface area contributed by atoms with Crippen molar-refractivity contribution in [3.63, 3.8) is 0 Å². The van der Waals surface area contributed by atoms with Crippen molar-refractivity contribution in [1.82, 2.24) is 15.3 Å². The van der Waals surface area contributed by atoms with Crippen LogP contribution in [0.3, 0.4) is 0 Å². The molecular weight excluding hydrogens is 451 g/mol. The molecule has 0 unspecified atom stereocenters. The van der Waals surface area contributed by atoms with Crippen molar-refractivity contribution in [1.29, 1.82) is 0 Å². The van der Waals surface area contributed by atoms with E-state index in [0.29, 0.717) is 35.4 Å². The third kappa shape index (κ3) is 5.37. The number of pyridine rings is 2. The fourth-order valence-corrected chi connectivity index (χ4v) is 4.56. The van der Waals surface area contributed by atoms with Gasteiger partial charge in [-0.2, -0.15) is 0 Å². The van der Waals surface area contributed by atoms with Crippen LogP contribution in [0.25, 0.3) is 21.9 Å². The van der Waals surface area contributed by atoms with Crippen LogP contribution in [-0.4, -0.2) is 47.4 Å². The first-order valence-electron chi connectivity index (χ1n) is 11.8. The third-order valence-electron chi connectivity index (χ3n) is 6.48. The maximum atomic E-state index is 15.0. The van der Waals surface area contributed by atoms with Gasteiger partial charge in [-0.15, -0.1) is 0 Å². The van der Waals surface area contributed by atoms with E-state index in [9.17, 15) is 9.18 Å². The second-order valence-corrected chi connectivity index (χ2v) is 8.75. The van der Waals surface area contributed by atoms with Crippen LogP contribution >= 0.6 is 0 Å². The Hall–Kier alpha value is -3.66. The van der Waals surface area contributed by atoms with Crippen LogP contribution in [0.4, 0.5) is 26.4 Å². The van der Waals surface area contributed by atoms with Gasteiger partial charge in [-0.05, 0) is 49.9 Å². The summed E-state index contributed by atoms with van der Waals surface area (Å²) in [6, 6.07) is 3.95. The number of ether oxygens (including phenoxy) is 1. The summed E-state index contributed by atoms with van der Waals surface area (Å²) in [4.78, 5) is 19.1. The second kappa shape index (κ2) is 10.7. The number of amides is 1. The van der Waals surface area contributed by atoms with E-state index in [-0.39, 0.29) is 17.1 Å². The lowest BCUT2D eigenvalue weighted by Gasteiger charge is -2.22. The van der Waals surface area contributed by atoms with Crippen molar-refractivity contribution in [2.24, 2.45) is 0 Å². The number of halogens is 1. The molecule has 10 heteroatoms. The Morgan fingerprint density at radius 2 is 1.97 bits per heavy atom. The van der Waals surface area contributed by atoms with E-state index in [1.807, 2.05) is 6.92 Å². The minimum atomic E-state index is -1.24. The lowest BCUT2D eigenvalue weighted by Crippen LogP contribution is -2.26. The first kappa shape index (κ1) is 24.5. The summed E-state index contributed by atoms with van der Waals surface area (Å²) >= 11 is 0. The SMILES string of the molecule is CNC1CCCCC1.Cc1c(-c2cc3cc(NC(=O)O)ncc3c(N)c2F)cnc2c1NCCO2. The fraction of sp³-hybridized carbons (Fsp3) is 0.400. The average Bonchev–Trinajstić information content (AvgIpc) is 2.87. The van der Waals surface area contributed by atoms with Gasteiger partial charge in [0.25, 0.3) is 0 Å². The maximum absolute atomic E-state index is 15.0. The van der Waals surface area contributed by atoms with E-state index < -0.39 is 11.9 Å². The first-order valence-corrected chi connectivity index (χ1v) is 11.8. The number of aromatic nitrogens is 2. The van der Waals surface area contributed by atoms with Gasteiger partial charge in [-0.1, -0.05) is 19.3 Å². The molecule has 2 aliphatic rings. The van der Waals surface area contributed by atoms with Gasteiger partial charge in [0.1, 0.15) is 18.1 Å². The number of anilines is 3. The molecule has 1 aliphatic carbocycles. The number of nitrogens with zero attached hydrogens (tertiary/aromatic N) is 2. The van der Waals surface area contributed by atoms with Gasteiger partial charge in [-0.25, -0.2) is 19.2 Å². The van der Waals surface area contributed by atoms with Crippen molar-refractivity contribution >= 4 is 34.1 Å². The lowest BCUT2D eigenvalue weighted by atomic mass is 9.96. The normalized spacial score (nSPS) is 15.3. The Kier molecular flexibility index (Phi) is 7.50. The predicted octanol–water partition coefficient (Wildman–Crippen LogP) is 4.76. The topological polar surface area (TPSA) is 134 Å². The molecule has 9 nitrogen and oxygen atoms in total. The van der Waals surface area contributed by atoms with E-state index in [0.717, 1.165) is 17.3 Å². The molecule has 3 heterocycles. The third-order valence-corrected chi connectivity index (χ3v) is 6.48. The Morgan fingerprint density at radius 1 is 1.20 bits per heavy atom. The fourth-order valence-electron chi connectivity index (χ4n) is 4.56. The van der Waals surface area contributed by atoms with Gasteiger partial charge < -0.3 is 26.2 Å². The van der Waals surface area contributed by atoms with Gasteiger partial charge in [0.15, 0.2) is 5.82 Å². The highest BCUT2D eigenvalue weighted by Crippen LogP contribution is 2.39. The van der Waals surface area contributed by atoms with E-state index in [4.69, 9.17) is 15.6 Å². The average molecular weight is 483 g/mol. The molecule has 1 fully saturated rings. The van der Waals surface area contributed by atoms with E-state index >= 15 is 0 Å². The number of benzene rings is 1. The van der Waals surface area contributed by atoms with Gasteiger partial charge in [0, 0.05) is 41.5 Å². The van der Waals surface area contributed by atoms with Crippen molar-refractivity contribution in [3.8, 4) is 17.0 Å². The molecule has 0 atom stereocenters. The number of rotatable bonds is 3. The van der Waals surface area contributed by atoms with E-state index in [1.54, 1.807) is 12.3 Å². The minimum absolute atomic E-state index is 0.0572. The molecule has 5 rings (SSSR count). The highest BCUT2D eigenvalue weighted by atomic mass is 19.1. The van der Waals surface area contributed by atoms with Crippen LogP contribution in [0, 0.1) is 12.7 Å². The predicted molar refractivity (Wildman–Crippen MR) is 136 cm³/mol. The number of carbonyl (C=O) groups is 1. The smallest absolute Gasteiger partial charge is 0.410 e. The Labute approximate surface area is 203 Å². The number of nitrogens with two attached hydrogens (primary N) is 1. The summed E-state index contributed by atoms with van der Waals surface area (Å²) in [5.41, 5.74) is 8.28. The van der Waals surface area contributed by atoms with Gasteiger partial charge in [-0.3, -0.25) is 5.32 Å². The highest BCUT2D eigenvalue weighted by molar-refractivity contribution is 5.99. The van der Waals surface area contributed by atoms with Gasteiger partial charge >= 0.3 is 6.09 Å². The maximum Gasteiger partial charge on any atom is 0.410 e. The molecule has 0 spiro atoms. The highest BCUT2D eigenvalue weighted by Gasteiger charge is 2.21. The Balaban J connectivity index is 0.000000308. The monoisotopic (exact) mass is 482 g/mol. The summed E-state index contributed by atoms with van der Waals surface area (Å²) in [7, 11) is 2.07. The molecule has 35 heavy (non-hydrogen) atoms. The molecule has 6 N–H and O–H groups in total. The minimum Gasteiger partial charge on any atom is -0.474 e. The molecule has 1 aliphatic heterocycles. The number of hydrogen-bond acceptors (Lipinski definition) is 7. The Bertz CT molecular complexity index is 1230. The molecule has 0 bridgehead atoms. The van der Waals surface area contributed by atoms with Crippen molar-refractivity contribution in [3.05, 3.63) is 35.9 Å². The summed E-state index contributed by atoms with van der Waals surface area (Å²) < 4.78 is 20.5. The van der Waals surface area contributed by atoms with Crippen molar-refractivity contribution in [2.75, 3.05) is 36.6 Å². The molecule has 0 radical (unpaired) electrons. The summed E-state index contributed by atoms with van der Waals surface area (Å²) in [6.45, 7) is 3.00. The molecule has 186 valence electrons. The van der Waals surface area contributed by atoms with Crippen LogP contribution in [0.2, 0.25) is 0 Å². The van der Waals surface area contributed by atoms with Crippen LogP contribution in [0.5, 0.6) is 5.88 Å². The number of nitrogen functional groups attached to an aromatic ring is 1. The summed E-state index contributed by atoms with van der Waals surface area (Å²) in [5.74, 6) is 0.0287. The summed E-state index contributed by atoms with van der Waals surface area (Å²) in [5, 5.41) is 18.5. The molecule has 2 aromatic heterocycles. The zero-order valence-corrected chi connectivity index (χ0v) is 19.9. The summed E-state index contributed by atoms with van der Waals surface area (Å²) in [6.07, 6.45) is 8.78. The Morgan fingerprint density at radius 3 is 2.66 bits per heavy atom. The van der Waals surface area contributed by atoms with Crippen molar-refractivity contribution < 1.29 is 19.0 Å². The number of nitrogens with one attached hydrogen (secondary N) is 3. The van der Waals surface area contributed by atoms with E-state index in [1.165, 1.54) is 44.4 Å². The number of fused-ring (bicyclic) bond motifs is 2. The molecule has 1 amide bonds. The largest absolute Gasteiger partial charge is 0.474 e. The standard InChI is InChI=1S/C18H16FN5O3.C7H15N/c1-8-11(6-23-17-16(8)21-2-3-27-17)10-4-9-5-13(24-18(25)26)22-7-12(9)15(20)14(10)19;1-8-7-5-3-2-4-6-7/h4-7,21H,2-3,20H2,1H3,(H,22,24)(H,25,26);7-8H,2-6H2,1H3.